The standard InChI is InChI=1S/C14H25N3O4/c1-13(2,3)9(6-7-18)15-10(19)8-17-11(20)14(4,5)16-12(17)21/h9,18H,6-8H2,1-5H3,(H,15,19)(H,16,21). The second-order valence-corrected chi connectivity index (χ2v) is 6.94. The summed E-state index contributed by atoms with van der Waals surface area (Å²) in [6.07, 6.45) is 0.418. The highest BCUT2D eigenvalue weighted by atomic mass is 16.3. The Kier molecular flexibility index (Phi) is 4.99. The first kappa shape index (κ1) is 17.4. The summed E-state index contributed by atoms with van der Waals surface area (Å²) in [5.74, 6) is -0.832. The molecule has 1 atom stereocenters. The Morgan fingerprint density at radius 3 is 2.33 bits per heavy atom. The molecule has 0 aliphatic carbocycles. The lowest BCUT2D eigenvalue weighted by atomic mass is 9.85. The summed E-state index contributed by atoms with van der Waals surface area (Å²) >= 11 is 0. The highest BCUT2D eigenvalue weighted by Gasteiger charge is 2.45. The van der Waals surface area contributed by atoms with E-state index in [1.807, 2.05) is 20.8 Å². The minimum atomic E-state index is -0.980. The van der Waals surface area contributed by atoms with Gasteiger partial charge in [0, 0.05) is 12.6 Å². The number of aliphatic hydroxyl groups excluding tert-OH is 1. The smallest absolute Gasteiger partial charge is 0.325 e. The van der Waals surface area contributed by atoms with Gasteiger partial charge in [-0.3, -0.25) is 14.5 Å². The molecule has 0 spiro atoms. The highest BCUT2D eigenvalue weighted by molar-refractivity contribution is 6.08. The largest absolute Gasteiger partial charge is 0.396 e. The molecule has 1 rings (SSSR count). The van der Waals surface area contributed by atoms with E-state index in [4.69, 9.17) is 5.11 Å². The summed E-state index contributed by atoms with van der Waals surface area (Å²) in [6, 6.07) is -0.793. The fraction of sp³-hybridized carbons (Fsp3) is 0.786. The van der Waals surface area contributed by atoms with Gasteiger partial charge in [0.25, 0.3) is 5.91 Å². The zero-order chi connectivity index (χ0) is 16.4. The van der Waals surface area contributed by atoms with Crippen molar-refractivity contribution >= 4 is 17.8 Å². The van der Waals surface area contributed by atoms with E-state index in [-0.39, 0.29) is 24.6 Å². The third kappa shape index (κ3) is 4.17. The number of carbonyl (C=O) groups is 3. The Balaban J connectivity index is 2.69. The second-order valence-electron chi connectivity index (χ2n) is 6.94. The first-order valence-electron chi connectivity index (χ1n) is 7.03. The van der Waals surface area contributed by atoms with E-state index in [9.17, 15) is 14.4 Å². The number of urea groups is 1. The molecule has 21 heavy (non-hydrogen) atoms. The van der Waals surface area contributed by atoms with Gasteiger partial charge in [-0.15, -0.1) is 0 Å². The van der Waals surface area contributed by atoms with E-state index >= 15 is 0 Å². The topological polar surface area (TPSA) is 98.7 Å². The molecule has 0 aromatic carbocycles. The zero-order valence-corrected chi connectivity index (χ0v) is 13.3. The van der Waals surface area contributed by atoms with E-state index < -0.39 is 23.4 Å². The first-order valence-corrected chi connectivity index (χ1v) is 7.03. The number of carbonyl (C=O) groups excluding carboxylic acids is 3. The molecular weight excluding hydrogens is 274 g/mol. The monoisotopic (exact) mass is 299 g/mol. The Morgan fingerprint density at radius 1 is 1.38 bits per heavy atom. The van der Waals surface area contributed by atoms with Crippen LogP contribution in [0.15, 0.2) is 0 Å². The Hall–Kier alpha value is -1.63. The molecule has 1 aliphatic rings. The van der Waals surface area contributed by atoms with Crippen molar-refractivity contribution in [3.63, 3.8) is 0 Å². The van der Waals surface area contributed by atoms with Gasteiger partial charge in [0.05, 0.1) is 0 Å². The average molecular weight is 299 g/mol. The maximum absolute atomic E-state index is 12.1. The van der Waals surface area contributed by atoms with Gasteiger partial charge >= 0.3 is 6.03 Å². The average Bonchev–Trinajstić information content (AvgIpc) is 2.50. The number of hydrogen-bond acceptors (Lipinski definition) is 4. The van der Waals surface area contributed by atoms with E-state index in [1.54, 1.807) is 13.8 Å². The van der Waals surface area contributed by atoms with Crippen molar-refractivity contribution in [3.05, 3.63) is 0 Å². The van der Waals surface area contributed by atoms with Crippen molar-refractivity contribution in [2.24, 2.45) is 5.41 Å². The zero-order valence-electron chi connectivity index (χ0n) is 13.3. The lowest BCUT2D eigenvalue weighted by molar-refractivity contribution is -0.134. The minimum Gasteiger partial charge on any atom is -0.396 e. The molecule has 0 bridgehead atoms. The van der Waals surface area contributed by atoms with Gasteiger partial charge in [-0.05, 0) is 25.7 Å². The molecule has 3 N–H and O–H groups in total. The van der Waals surface area contributed by atoms with Crippen LogP contribution < -0.4 is 10.6 Å². The molecule has 7 nitrogen and oxygen atoms in total. The molecule has 120 valence electrons. The Morgan fingerprint density at radius 2 is 1.95 bits per heavy atom. The molecule has 0 radical (unpaired) electrons. The van der Waals surface area contributed by atoms with Crippen LogP contribution in [0.5, 0.6) is 0 Å². The fourth-order valence-electron chi connectivity index (χ4n) is 2.20. The quantitative estimate of drug-likeness (QED) is 0.633. The van der Waals surface area contributed by atoms with E-state index in [1.165, 1.54) is 0 Å². The molecule has 4 amide bonds. The van der Waals surface area contributed by atoms with Gasteiger partial charge < -0.3 is 15.7 Å². The second kappa shape index (κ2) is 6.01. The van der Waals surface area contributed by atoms with Crippen molar-refractivity contribution in [2.45, 2.75) is 52.6 Å². The third-order valence-corrected chi connectivity index (χ3v) is 3.54. The lowest BCUT2D eigenvalue weighted by Crippen LogP contribution is -2.49. The number of nitrogens with zero attached hydrogens (tertiary/aromatic N) is 1. The number of rotatable bonds is 5. The fourth-order valence-corrected chi connectivity index (χ4v) is 2.20. The number of nitrogens with one attached hydrogen (secondary N) is 2. The van der Waals surface area contributed by atoms with Crippen LogP contribution >= 0.6 is 0 Å². The van der Waals surface area contributed by atoms with Crippen LogP contribution in [0, 0.1) is 5.41 Å². The summed E-state index contributed by atoms with van der Waals surface area (Å²) in [5.41, 5.74) is -1.21. The molecule has 1 saturated heterocycles. The molecule has 0 aromatic rings. The van der Waals surface area contributed by atoms with Crippen LogP contribution in [0.3, 0.4) is 0 Å². The number of hydrogen-bond donors (Lipinski definition) is 3. The summed E-state index contributed by atoms with van der Waals surface area (Å²) in [5, 5.41) is 14.4. The summed E-state index contributed by atoms with van der Waals surface area (Å²) in [4.78, 5) is 36.7. The van der Waals surface area contributed by atoms with Crippen LogP contribution in [0.2, 0.25) is 0 Å². The molecule has 0 saturated carbocycles. The van der Waals surface area contributed by atoms with E-state index in [0.717, 1.165) is 4.90 Å². The summed E-state index contributed by atoms with van der Waals surface area (Å²) in [6.45, 7) is 8.67. The van der Waals surface area contributed by atoms with Crippen LogP contribution in [-0.2, 0) is 9.59 Å². The van der Waals surface area contributed by atoms with Gasteiger partial charge in [-0.25, -0.2) is 4.79 Å². The summed E-state index contributed by atoms with van der Waals surface area (Å²) < 4.78 is 0. The van der Waals surface area contributed by atoms with Gasteiger partial charge in [0.1, 0.15) is 12.1 Å². The van der Waals surface area contributed by atoms with Crippen LogP contribution in [0.1, 0.15) is 41.0 Å². The van der Waals surface area contributed by atoms with Crippen molar-refractivity contribution in [1.82, 2.24) is 15.5 Å². The predicted octanol–water partition coefficient (Wildman–Crippen LogP) is 0.230. The molecule has 1 unspecified atom stereocenters. The van der Waals surface area contributed by atoms with E-state index in [0.29, 0.717) is 6.42 Å². The molecule has 1 fully saturated rings. The van der Waals surface area contributed by atoms with Crippen LogP contribution in [0.25, 0.3) is 0 Å². The predicted molar refractivity (Wildman–Crippen MR) is 77.4 cm³/mol. The SMILES string of the molecule is CC1(C)NC(=O)N(CC(=O)NC(CCO)C(C)(C)C)C1=O. The molecular formula is C14H25N3O4. The van der Waals surface area contributed by atoms with Crippen molar-refractivity contribution in [2.75, 3.05) is 13.2 Å². The van der Waals surface area contributed by atoms with Gasteiger partial charge in [0.2, 0.25) is 5.91 Å². The van der Waals surface area contributed by atoms with Gasteiger partial charge in [-0.2, -0.15) is 0 Å². The number of aliphatic hydroxyl groups is 1. The molecule has 7 heteroatoms. The normalized spacial score (nSPS) is 19.4. The van der Waals surface area contributed by atoms with Gasteiger partial charge in [0.15, 0.2) is 0 Å². The van der Waals surface area contributed by atoms with Crippen LogP contribution in [0.4, 0.5) is 4.79 Å². The number of amides is 4. The Labute approximate surface area is 125 Å². The maximum Gasteiger partial charge on any atom is 0.325 e. The minimum absolute atomic E-state index is 0.0433. The summed E-state index contributed by atoms with van der Waals surface area (Å²) in [7, 11) is 0. The molecule has 1 aliphatic heterocycles. The number of imide groups is 1. The highest BCUT2D eigenvalue weighted by Crippen LogP contribution is 2.22. The van der Waals surface area contributed by atoms with Crippen molar-refractivity contribution in [1.29, 1.82) is 0 Å². The maximum atomic E-state index is 12.1. The molecule has 0 aromatic heterocycles. The lowest BCUT2D eigenvalue weighted by Gasteiger charge is -2.31. The molecule has 1 heterocycles. The van der Waals surface area contributed by atoms with Gasteiger partial charge in [-0.1, -0.05) is 20.8 Å². The van der Waals surface area contributed by atoms with Crippen molar-refractivity contribution in [3.8, 4) is 0 Å². The van der Waals surface area contributed by atoms with Crippen molar-refractivity contribution < 1.29 is 19.5 Å². The third-order valence-electron chi connectivity index (χ3n) is 3.54. The Bertz CT molecular complexity index is 440. The first-order chi connectivity index (χ1) is 9.49. The van der Waals surface area contributed by atoms with Crippen LogP contribution in [-0.4, -0.2) is 52.6 Å². The van der Waals surface area contributed by atoms with E-state index in [2.05, 4.69) is 10.6 Å².